The predicted octanol–water partition coefficient (Wildman–Crippen LogP) is 1.46. The molecule has 0 unspecified atom stereocenters. The van der Waals surface area contributed by atoms with E-state index in [0.29, 0.717) is 0 Å². The van der Waals surface area contributed by atoms with Crippen LogP contribution in [-0.4, -0.2) is 22.0 Å². The van der Waals surface area contributed by atoms with E-state index in [1.54, 1.807) is 0 Å². The van der Waals surface area contributed by atoms with Gasteiger partial charge in [0.2, 0.25) is 0 Å². The van der Waals surface area contributed by atoms with Crippen LogP contribution < -0.4 is 4.74 Å². The van der Waals surface area contributed by atoms with Gasteiger partial charge in [0.05, 0.1) is 12.0 Å². The lowest BCUT2D eigenvalue weighted by molar-refractivity contribution is -0.387. The molecule has 1 heterocycles. The molecule has 1 rings (SSSR count). The average Bonchev–Trinajstić information content (AvgIpc) is 2.02. The van der Waals surface area contributed by atoms with E-state index in [2.05, 4.69) is 25.9 Å². The van der Waals surface area contributed by atoms with Crippen LogP contribution in [0.1, 0.15) is 5.69 Å². The molecule has 0 fully saturated rings. The molecule has 0 spiro atoms. The fourth-order valence-corrected chi connectivity index (χ4v) is 1.39. The molecule has 0 radical (unpaired) electrons. The minimum Gasteiger partial charge on any atom is -0.467 e. The zero-order chi connectivity index (χ0) is 10.0. The van der Waals surface area contributed by atoms with Gasteiger partial charge in [-0.15, -0.1) is 0 Å². The average molecular weight is 248 g/mol. The lowest BCUT2D eigenvalue weighted by Crippen LogP contribution is -2.00. The summed E-state index contributed by atoms with van der Waals surface area (Å²) in [4.78, 5) is 17.4. The largest absolute Gasteiger partial charge is 0.467 e. The number of ether oxygens (including phenoxy) is 1. The van der Waals surface area contributed by atoms with Crippen molar-refractivity contribution in [3.8, 4) is 6.01 Å². The van der Waals surface area contributed by atoms with Crippen LogP contribution >= 0.6 is 15.9 Å². The number of aryl methyl sites for hydroxylation is 1. The van der Waals surface area contributed by atoms with E-state index in [-0.39, 0.29) is 22.0 Å². The first-order valence-corrected chi connectivity index (χ1v) is 4.08. The van der Waals surface area contributed by atoms with Crippen molar-refractivity contribution < 1.29 is 9.66 Å². The van der Waals surface area contributed by atoms with Crippen LogP contribution in [-0.2, 0) is 0 Å². The van der Waals surface area contributed by atoms with E-state index in [1.165, 1.54) is 14.0 Å². The van der Waals surface area contributed by atoms with Gasteiger partial charge in [-0.2, -0.15) is 9.97 Å². The maximum atomic E-state index is 10.5. The molecule has 0 bridgehead atoms. The number of halogens is 1. The van der Waals surface area contributed by atoms with E-state index in [9.17, 15) is 10.1 Å². The third-order valence-corrected chi connectivity index (χ3v) is 1.91. The Balaban J connectivity index is 3.31. The molecule has 0 aromatic carbocycles. The standard InChI is InChI=1S/C6H6BrN3O3/c1-3-4(10(11)12)5(7)9-6(8-3)13-2/h1-2H3. The Morgan fingerprint density at radius 1 is 1.54 bits per heavy atom. The normalized spacial score (nSPS) is 9.77. The van der Waals surface area contributed by atoms with E-state index in [0.717, 1.165) is 0 Å². The summed E-state index contributed by atoms with van der Waals surface area (Å²) < 4.78 is 4.86. The molecule has 0 N–H and O–H groups in total. The third kappa shape index (κ3) is 1.92. The summed E-state index contributed by atoms with van der Waals surface area (Å²) in [6, 6.07) is 0.106. The maximum Gasteiger partial charge on any atom is 0.323 e. The fourth-order valence-electron chi connectivity index (χ4n) is 0.806. The highest BCUT2D eigenvalue weighted by Crippen LogP contribution is 2.26. The van der Waals surface area contributed by atoms with Gasteiger partial charge < -0.3 is 4.74 Å². The fraction of sp³-hybridized carbons (Fsp3) is 0.333. The molecule has 6 nitrogen and oxygen atoms in total. The van der Waals surface area contributed by atoms with Crippen LogP contribution in [0.4, 0.5) is 5.69 Å². The SMILES string of the molecule is COc1nc(C)c([N+](=O)[O-])c(Br)n1. The number of nitro groups is 1. The minimum atomic E-state index is -0.543. The molecule has 0 aliphatic rings. The van der Waals surface area contributed by atoms with Gasteiger partial charge in [0.25, 0.3) is 0 Å². The van der Waals surface area contributed by atoms with E-state index in [4.69, 9.17) is 4.74 Å². The summed E-state index contributed by atoms with van der Waals surface area (Å²) >= 11 is 2.97. The highest BCUT2D eigenvalue weighted by atomic mass is 79.9. The van der Waals surface area contributed by atoms with E-state index >= 15 is 0 Å². The van der Waals surface area contributed by atoms with Gasteiger partial charge in [-0.25, -0.2) is 0 Å². The smallest absolute Gasteiger partial charge is 0.323 e. The summed E-state index contributed by atoms with van der Waals surface area (Å²) in [5.41, 5.74) is 0.129. The monoisotopic (exact) mass is 247 g/mol. The number of nitrogens with zero attached hydrogens (tertiary/aromatic N) is 3. The minimum absolute atomic E-state index is 0.106. The number of aromatic nitrogens is 2. The van der Waals surface area contributed by atoms with Crippen molar-refractivity contribution in [2.45, 2.75) is 6.92 Å². The molecule has 0 atom stereocenters. The van der Waals surface area contributed by atoms with Gasteiger partial charge in [-0.3, -0.25) is 10.1 Å². The molecule has 0 aliphatic carbocycles. The van der Waals surface area contributed by atoms with Gasteiger partial charge in [0.1, 0.15) is 5.69 Å². The first-order chi connectivity index (χ1) is 6.06. The Morgan fingerprint density at radius 3 is 2.54 bits per heavy atom. The van der Waals surface area contributed by atoms with Crippen molar-refractivity contribution in [1.29, 1.82) is 0 Å². The van der Waals surface area contributed by atoms with Gasteiger partial charge in [0, 0.05) is 0 Å². The number of methoxy groups -OCH3 is 1. The second kappa shape index (κ2) is 3.65. The zero-order valence-electron chi connectivity index (χ0n) is 6.94. The van der Waals surface area contributed by atoms with Crippen LogP contribution in [0.3, 0.4) is 0 Å². The Kier molecular flexibility index (Phi) is 2.76. The molecule has 1 aromatic rings. The van der Waals surface area contributed by atoms with E-state index in [1.807, 2.05) is 0 Å². The topological polar surface area (TPSA) is 78.2 Å². The van der Waals surface area contributed by atoms with E-state index < -0.39 is 4.92 Å². The Hall–Kier alpha value is -1.24. The van der Waals surface area contributed by atoms with Crippen molar-refractivity contribution in [2.75, 3.05) is 7.11 Å². The molecule has 7 heteroatoms. The number of hydrogen-bond donors (Lipinski definition) is 0. The molecule has 0 saturated heterocycles. The molecule has 13 heavy (non-hydrogen) atoms. The van der Waals surface area contributed by atoms with Crippen LogP contribution in [0.15, 0.2) is 4.60 Å². The molecule has 0 amide bonds. The maximum absolute atomic E-state index is 10.5. The highest BCUT2D eigenvalue weighted by molar-refractivity contribution is 9.10. The summed E-state index contributed by atoms with van der Waals surface area (Å²) in [6.07, 6.45) is 0. The van der Waals surface area contributed by atoms with Crippen molar-refractivity contribution in [2.24, 2.45) is 0 Å². The molecule has 1 aromatic heterocycles. The number of rotatable bonds is 2. The van der Waals surface area contributed by atoms with Gasteiger partial charge >= 0.3 is 11.7 Å². The molecule has 0 saturated carbocycles. The van der Waals surface area contributed by atoms with Gasteiger partial charge in [-0.1, -0.05) is 0 Å². The Bertz CT molecular complexity index is 332. The second-order valence-electron chi connectivity index (χ2n) is 2.19. The van der Waals surface area contributed by atoms with Crippen LogP contribution in [0, 0.1) is 17.0 Å². The predicted molar refractivity (Wildman–Crippen MR) is 47.7 cm³/mol. The number of hydrogen-bond acceptors (Lipinski definition) is 5. The third-order valence-electron chi connectivity index (χ3n) is 1.36. The summed E-state index contributed by atoms with van der Waals surface area (Å²) in [6.45, 7) is 1.52. The van der Waals surface area contributed by atoms with Crippen LogP contribution in [0.5, 0.6) is 6.01 Å². The van der Waals surface area contributed by atoms with Crippen molar-refractivity contribution in [3.63, 3.8) is 0 Å². The first kappa shape index (κ1) is 9.85. The zero-order valence-corrected chi connectivity index (χ0v) is 8.53. The molecule has 0 aliphatic heterocycles. The quantitative estimate of drug-likeness (QED) is 0.449. The van der Waals surface area contributed by atoms with Gasteiger partial charge in [-0.05, 0) is 22.9 Å². The summed E-state index contributed by atoms with van der Waals surface area (Å²) in [5.74, 6) is 0. The van der Waals surface area contributed by atoms with Crippen molar-refractivity contribution in [1.82, 2.24) is 9.97 Å². The lowest BCUT2D eigenvalue weighted by atomic mass is 10.4. The second-order valence-corrected chi connectivity index (χ2v) is 2.94. The lowest BCUT2D eigenvalue weighted by Gasteiger charge is -2.01. The summed E-state index contributed by atoms with van der Waals surface area (Å²) in [5, 5.41) is 10.5. The van der Waals surface area contributed by atoms with Crippen LogP contribution in [0.25, 0.3) is 0 Å². The Morgan fingerprint density at radius 2 is 2.15 bits per heavy atom. The summed E-state index contributed by atoms with van der Waals surface area (Å²) in [7, 11) is 1.40. The van der Waals surface area contributed by atoms with Crippen LogP contribution in [0.2, 0.25) is 0 Å². The first-order valence-electron chi connectivity index (χ1n) is 3.28. The Labute approximate surface area is 82.2 Å². The molecular formula is C6H6BrN3O3. The molecule has 70 valence electrons. The van der Waals surface area contributed by atoms with Gasteiger partial charge in [0.15, 0.2) is 4.60 Å². The van der Waals surface area contributed by atoms with Crippen molar-refractivity contribution in [3.05, 3.63) is 20.4 Å². The highest BCUT2D eigenvalue weighted by Gasteiger charge is 2.19. The molecular weight excluding hydrogens is 242 g/mol. The van der Waals surface area contributed by atoms with Crippen molar-refractivity contribution >= 4 is 21.6 Å².